The summed E-state index contributed by atoms with van der Waals surface area (Å²) in [6.07, 6.45) is 4.05. The van der Waals surface area contributed by atoms with Crippen LogP contribution in [0, 0.1) is 6.92 Å². The number of piperazine rings is 1. The molecule has 1 aromatic rings. The second-order valence-corrected chi connectivity index (χ2v) is 5.70. The largest absolute Gasteiger partial charge is 0.392 e. The highest BCUT2D eigenvalue weighted by Crippen LogP contribution is 2.24. The molecule has 1 N–H and O–H groups in total. The van der Waals surface area contributed by atoms with Crippen molar-refractivity contribution in [3.05, 3.63) is 23.4 Å². The molecule has 1 aromatic heterocycles. The van der Waals surface area contributed by atoms with Crippen LogP contribution in [0.3, 0.4) is 0 Å². The van der Waals surface area contributed by atoms with E-state index in [1.165, 1.54) is 25.8 Å². The van der Waals surface area contributed by atoms with Crippen molar-refractivity contribution in [3.63, 3.8) is 0 Å². The Hall–Kier alpha value is -1.13. The van der Waals surface area contributed by atoms with Gasteiger partial charge in [0.05, 0.1) is 6.61 Å². The molecule has 3 heterocycles. The monoisotopic (exact) mass is 261 g/mol. The third-order valence-electron chi connectivity index (χ3n) is 4.51. The van der Waals surface area contributed by atoms with E-state index in [0.29, 0.717) is 6.04 Å². The third-order valence-corrected chi connectivity index (χ3v) is 4.51. The van der Waals surface area contributed by atoms with Crippen LogP contribution in [0.1, 0.15) is 30.5 Å². The van der Waals surface area contributed by atoms with Gasteiger partial charge in [0, 0.05) is 31.4 Å². The predicted molar refractivity (Wildman–Crippen MR) is 76.3 cm³/mol. The average Bonchev–Trinajstić information content (AvgIpc) is 2.46. The molecule has 4 nitrogen and oxygen atoms in total. The lowest BCUT2D eigenvalue weighted by atomic mass is 9.99. The number of aliphatic hydroxyl groups is 1. The molecule has 0 aromatic carbocycles. The smallest absolute Gasteiger partial charge is 0.128 e. The van der Waals surface area contributed by atoms with Gasteiger partial charge in [-0.1, -0.05) is 12.5 Å². The third kappa shape index (κ3) is 2.60. The Kier molecular flexibility index (Phi) is 3.71. The Morgan fingerprint density at radius 2 is 2.16 bits per heavy atom. The van der Waals surface area contributed by atoms with Gasteiger partial charge in [-0.3, -0.25) is 4.90 Å². The van der Waals surface area contributed by atoms with Gasteiger partial charge in [-0.05, 0) is 37.9 Å². The fourth-order valence-corrected chi connectivity index (χ4v) is 3.28. The van der Waals surface area contributed by atoms with Crippen LogP contribution in [0.25, 0.3) is 0 Å². The minimum atomic E-state index is 0.0789. The standard InChI is InChI=1S/C15H23N3O/c1-12-13(11-19)5-6-15(16-12)18-9-8-17-7-3-2-4-14(17)10-18/h5-6,14,19H,2-4,7-11H2,1H3. The minimum absolute atomic E-state index is 0.0789. The summed E-state index contributed by atoms with van der Waals surface area (Å²) in [6.45, 7) is 6.66. The zero-order valence-electron chi connectivity index (χ0n) is 11.7. The quantitative estimate of drug-likeness (QED) is 0.877. The number of aliphatic hydroxyl groups excluding tert-OH is 1. The first-order valence-electron chi connectivity index (χ1n) is 7.34. The van der Waals surface area contributed by atoms with Crippen LogP contribution < -0.4 is 4.90 Å². The van der Waals surface area contributed by atoms with Crippen molar-refractivity contribution < 1.29 is 5.11 Å². The van der Waals surface area contributed by atoms with Crippen LogP contribution in [0.4, 0.5) is 5.82 Å². The molecule has 19 heavy (non-hydrogen) atoms. The number of aromatic nitrogens is 1. The lowest BCUT2D eigenvalue weighted by Crippen LogP contribution is -2.55. The number of piperidine rings is 1. The van der Waals surface area contributed by atoms with Gasteiger partial charge in [0.25, 0.3) is 0 Å². The first-order chi connectivity index (χ1) is 9.28. The van der Waals surface area contributed by atoms with Crippen molar-refractivity contribution >= 4 is 5.82 Å². The number of rotatable bonds is 2. The van der Waals surface area contributed by atoms with Crippen LogP contribution in [-0.2, 0) is 6.61 Å². The van der Waals surface area contributed by atoms with Crippen molar-refractivity contribution in [3.8, 4) is 0 Å². The van der Waals surface area contributed by atoms with Crippen LogP contribution in [0.5, 0.6) is 0 Å². The Labute approximate surface area is 115 Å². The van der Waals surface area contributed by atoms with Crippen molar-refractivity contribution in [2.45, 2.75) is 38.8 Å². The molecule has 0 radical (unpaired) electrons. The molecular formula is C15H23N3O. The summed E-state index contributed by atoms with van der Waals surface area (Å²) in [7, 11) is 0. The molecule has 1 atom stereocenters. The van der Waals surface area contributed by atoms with Gasteiger partial charge in [-0.2, -0.15) is 0 Å². The maximum atomic E-state index is 9.21. The summed E-state index contributed by atoms with van der Waals surface area (Å²) in [6, 6.07) is 4.77. The fraction of sp³-hybridized carbons (Fsp3) is 0.667. The average molecular weight is 261 g/mol. The summed E-state index contributed by atoms with van der Waals surface area (Å²) in [4.78, 5) is 9.69. The number of pyridine rings is 1. The topological polar surface area (TPSA) is 39.6 Å². The zero-order valence-corrected chi connectivity index (χ0v) is 11.7. The van der Waals surface area contributed by atoms with Crippen LogP contribution in [0.15, 0.2) is 12.1 Å². The fourth-order valence-electron chi connectivity index (χ4n) is 3.28. The molecule has 2 aliphatic rings. The second-order valence-electron chi connectivity index (χ2n) is 5.70. The highest BCUT2D eigenvalue weighted by atomic mass is 16.3. The van der Waals surface area contributed by atoms with Gasteiger partial charge < -0.3 is 10.0 Å². The normalized spacial score (nSPS) is 24.3. The lowest BCUT2D eigenvalue weighted by Gasteiger charge is -2.44. The number of aryl methyl sites for hydroxylation is 1. The molecule has 0 bridgehead atoms. The first kappa shape index (κ1) is 12.9. The molecule has 2 fully saturated rings. The van der Waals surface area contributed by atoms with Crippen molar-refractivity contribution in [1.29, 1.82) is 0 Å². The maximum absolute atomic E-state index is 9.21. The lowest BCUT2D eigenvalue weighted by molar-refractivity contribution is 0.133. The maximum Gasteiger partial charge on any atom is 0.128 e. The van der Waals surface area contributed by atoms with E-state index in [1.807, 2.05) is 13.0 Å². The molecular weight excluding hydrogens is 238 g/mol. The van der Waals surface area contributed by atoms with Gasteiger partial charge in [-0.25, -0.2) is 4.98 Å². The van der Waals surface area contributed by atoms with Gasteiger partial charge in [0.2, 0.25) is 0 Å². The van der Waals surface area contributed by atoms with Crippen LogP contribution in [0.2, 0.25) is 0 Å². The first-order valence-corrected chi connectivity index (χ1v) is 7.34. The molecule has 104 valence electrons. The SMILES string of the molecule is Cc1nc(N2CCN3CCCCC3C2)ccc1CO. The Balaban J connectivity index is 1.74. The number of nitrogens with zero attached hydrogens (tertiary/aromatic N) is 3. The number of hydrogen-bond donors (Lipinski definition) is 1. The molecule has 3 rings (SSSR count). The van der Waals surface area contributed by atoms with E-state index in [2.05, 4.69) is 20.9 Å². The zero-order chi connectivity index (χ0) is 13.2. The molecule has 2 saturated heterocycles. The van der Waals surface area contributed by atoms with Gasteiger partial charge in [0.1, 0.15) is 5.82 Å². The van der Waals surface area contributed by atoms with Gasteiger partial charge >= 0.3 is 0 Å². The highest BCUT2D eigenvalue weighted by molar-refractivity contribution is 5.42. The number of anilines is 1. The van der Waals surface area contributed by atoms with E-state index >= 15 is 0 Å². The minimum Gasteiger partial charge on any atom is -0.392 e. The van der Waals surface area contributed by atoms with Crippen LogP contribution in [-0.4, -0.2) is 47.2 Å². The van der Waals surface area contributed by atoms with E-state index in [0.717, 1.165) is 36.7 Å². The van der Waals surface area contributed by atoms with E-state index in [9.17, 15) is 5.11 Å². The highest BCUT2D eigenvalue weighted by Gasteiger charge is 2.29. The summed E-state index contributed by atoms with van der Waals surface area (Å²) in [5, 5.41) is 9.21. The van der Waals surface area contributed by atoms with Crippen LogP contribution >= 0.6 is 0 Å². The molecule has 1 unspecified atom stereocenters. The Morgan fingerprint density at radius 3 is 2.95 bits per heavy atom. The van der Waals surface area contributed by atoms with E-state index in [-0.39, 0.29) is 6.61 Å². The molecule has 0 amide bonds. The van der Waals surface area contributed by atoms with Crippen molar-refractivity contribution in [2.24, 2.45) is 0 Å². The molecule has 0 saturated carbocycles. The molecule has 2 aliphatic heterocycles. The summed E-state index contributed by atoms with van der Waals surface area (Å²) < 4.78 is 0. The summed E-state index contributed by atoms with van der Waals surface area (Å²) in [5.74, 6) is 1.07. The van der Waals surface area contributed by atoms with E-state index < -0.39 is 0 Å². The Morgan fingerprint density at radius 1 is 1.26 bits per heavy atom. The Bertz CT molecular complexity index is 449. The van der Waals surface area contributed by atoms with E-state index in [4.69, 9.17) is 0 Å². The summed E-state index contributed by atoms with van der Waals surface area (Å²) >= 11 is 0. The van der Waals surface area contributed by atoms with Gasteiger partial charge in [0.15, 0.2) is 0 Å². The molecule has 0 spiro atoms. The molecule has 4 heteroatoms. The van der Waals surface area contributed by atoms with Crippen molar-refractivity contribution in [2.75, 3.05) is 31.1 Å². The number of fused-ring (bicyclic) bond motifs is 1. The van der Waals surface area contributed by atoms with Gasteiger partial charge in [-0.15, -0.1) is 0 Å². The van der Waals surface area contributed by atoms with E-state index in [1.54, 1.807) is 0 Å². The second kappa shape index (κ2) is 5.47. The predicted octanol–water partition coefficient (Wildman–Crippen LogP) is 1.56. The number of hydrogen-bond acceptors (Lipinski definition) is 4. The summed E-state index contributed by atoms with van der Waals surface area (Å²) in [5.41, 5.74) is 1.88. The molecule has 0 aliphatic carbocycles. The van der Waals surface area contributed by atoms with Crippen molar-refractivity contribution in [1.82, 2.24) is 9.88 Å².